The molecule has 19 heavy (non-hydrogen) atoms. The molecule has 4 nitrogen and oxygen atoms in total. The average molecular weight is 263 g/mol. The monoisotopic (exact) mass is 263 g/mol. The lowest BCUT2D eigenvalue weighted by molar-refractivity contribution is 0.215. The molecule has 2 aliphatic carbocycles. The number of aromatic nitrogens is 2. The van der Waals surface area contributed by atoms with E-state index in [1.807, 2.05) is 0 Å². The third-order valence-electron chi connectivity index (χ3n) is 5.04. The summed E-state index contributed by atoms with van der Waals surface area (Å²) in [7, 11) is 0. The Hall–Kier alpha value is -0.900. The maximum Gasteiger partial charge on any atom is 0.228 e. The fraction of sp³-hybridized carbons (Fsp3) is 0.867. The largest absolute Gasteiger partial charge is 0.339 e. The van der Waals surface area contributed by atoms with Crippen LogP contribution >= 0.6 is 0 Å². The Morgan fingerprint density at radius 3 is 2.47 bits per heavy atom. The molecule has 0 aliphatic heterocycles. The van der Waals surface area contributed by atoms with Gasteiger partial charge in [0, 0.05) is 17.9 Å². The lowest BCUT2D eigenvalue weighted by Crippen LogP contribution is -2.48. The van der Waals surface area contributed by atoms with Gasteiger partial charge in [-0.15, -0.1) is 0 Å². The molecule has 2 fully saturated rings. The summed E-state index contributed by atoms with van der Waals surface area (Å²) in [4.78, 5) is 4.59. The van der Waals surface area contributed by atoms with Crippen molar-refractivity contribution < 1.29 is 4.52 Å². The van der Waals surface area contributed by atoms with E-state index in [4.69, 9.17) is 10.3 Å². The van der Waals surface area contributed by atoms with Gasteiger partial charge in [-0.2, -0.15) is 4.98 Å². The molecule has 106 valence electrons. The van der Waals surface area contributed by atoms with Crippen LogP contribution in [0, 0.1) is 5.41 Å². The normalized spacial score (nSPS) is 26.1. The van der Waals surface area contributed by atoms with Gasteiger partial charge in [0.2, 0.25) is 5.89 Å². The molecule has 0 saturated heterocycles. The van der Waals surface area contributed by atoms with Crippen molar-refractivity contribution in [1.29, 1.82) is 0 Å². The van der Waals surface area contributed by atoms with E-state index in [-0.39, 0.29) is 5.54 Å². The number of rotatable bonds is 3. The van der Waals surface area contributed by atoms with Crippen LogP contribution in [-0.4, -0.2) is 15.7 Å². The van der Waals surface area contributed by atoms with Crippen LogP contribution in [0.4, 0.5) is 0 Å². The van der Waals surface area contributed by atoms with Crippen molar-refractivity contribution >= 4 is 0 Å². The molecule has 0 bridgehead atoms. The second kappa shape index (κ2) is 4.58. The average Bonchev–Trinajstić information content (AvgIpc) is 2.75. The molecule has 2 saturated carbocycles. The first kappa shape index (κ1) is 13.1. The summed E-state index contributed by atoms with van der Waals surface area (Å²) in [6.45, 7) is 4.69. The van der Waals surface area contributed by atoms with Gasteiger partial charge < -0.3 is 10.3 Å². The second-order valence-electron chi connectivity index (χ2n) is 7.38. The Kier molecular flexibility index (Phi) is 3.16. The van der Waals surface area contributed by atoms with E-state index in [2.05, 4.69) is 24.0 Å². The highest BCUT2D eigenvalue weighted by molar-refractivity contribution is 5.04. The van der Waals surface area contributed by atoms with Gasteiger partial charge in [-0.1, -0.05) is 19.0 Å². The van der Waals surface area contributed by atoms with Crippen molar-refractivity contribution in [3.8, 4) is 0 Å². The highest BCUT2D eigenvalue weighted by Gasteiger charge is 2.35. The maximum atomic E-state index is 6.23. The van der Waals surface area contributed by atoms with E-state index in [0.29, 0.717) is 11.3 Å². The standard InChI is InChI=1S/C15H25N3O/c1-14(2)8-4-11(5-9-14)13-17-12(19-18-13)10-15(16)6-3-7-15/h11H,3-10,16H2,1-2H3. The number of nitrogens with two attached hydrogens (primary N) is 1. The predicted molar refractivity (Wildman–Crippen MR) is 73.8 cm³/mol. The summed E-state index contributed by atoms with van der Waals surface area (Å²) in [5.74, 6) is 2.14. The number of hydrogen-bond donors (Lipinski definition) is 1. The minimum atomic E-state index is -0.0711. The van der Waals surface area contributed by atoms with Crippen LogP contribution in [0.5, 0.6) is 0 Å². The van der Waals surface area contributed by atoms with Gasteiger partial charge in [0.1, 0.15) is 0 Å². The molecule has 0 spiro atoms. The maximum absolute atomic E-state index is 6.23. The molecular weight excluding hydrogens is 238 g/mol. The highest BCUT2D eigenvalue weighted by atomic mass is 16.5. The summed E-state index contributed by atoms with van der Waals surface area (Å²) < 4.78 is 5.40. The Morgan fingerprint density at radius 2 is 1.89 bits per heavy atom. The van der Waals surface area contributed by atoms with Crippen LogP contribution in [0.25, 0.3) is 0 Å². The van der Waals surface area contributed by atoms with Crippen molar-refractivity contribution in [2.24, 2.45) is 11.1 Å². The number of nitrogens with zero attached hydrogens (tertiary/aromatic N) is 2. The van der Waals surface area contributed by atoms with E-state index < -0.39 is 0 Å². The van der Waals surface area contributed by atoms with Crippen molar-refractivity contribution in [1.82, 2.24) is 10.1 Å². The van der Waals surface area contributed by atoms with Gasteiger partial charge in [0.05, 0.1) is 0 Å². The van der Waals surface area contributed by atoms with E-state index in [0.717, 1.165) is 31.0 Å². The molecule has 0 amide bonds. The van der Waals surface area contributed by atoms with E-state index >= 15 is 0 Å². The summed E-state index contributed by atoms with van der Waals surface area (Å²) in [6.07, 6.45) is 9.02. The molecule has 0 radical (unpaired) electrons. The molecule has 1 aromatic rings. The first-order valence-corrected chi connectivity index (χ1v) is 7.57. The zero-order valence-corrected chi connectivity index (χ0v) is 12.1. The van der Waals surface area contributed by atoms with Gasteiger partial charge in [-0.05, 0) is 50.4 Å². The Bertz CT molecular complexity index is 438. The third kappa shape index (κ3) is 2.83. The molecule has 4 heteroatoms. The van der Waals surface area contributed by atoms with Crippen LogP contribution in [0.15, 0.2) is 4.52 Å². The van der Waals surface area contributed by atoms with Crippen LogP contribution in [-0.2, 0) is 6.42 Å². The minimum absolute atomic E-state index is 0.0711. The predicted octanol–water partition coefficient (Wildman–Crippen LogP) is 3.18. The van der Waals surface area contributed by atoms with Gasteiger partial charge in [0.25, 0.3) is 0 Å². The summed E-state index contributed by atoms with van der Waals surface area (Å²) in [6, 6.07) is 0. The topological polar surface area (TPSA) is 64.9 Å². The Morgan fingerprint density at radius 1 is 1.21 bits per heavy atom. The Labute approximate surface area is 115 Å². The summed E-state index contributed by atoms with van der Waals surface area (Å²) >= 11 is 0. The first-order valence-electron chi connectivity index (χ1n) is 7.57. The van der Waals surface area contributed by atoms with Crippen molar-refractivity contribution in [2.75, 3.05) is 0 Å². The fourth-order valence-corrected chi connectivity index (χ4v) is 3.27. The second-order valence-corrected chi connectivity index (χ2v) is 7.38. The molecule has 1 heterocycles. The van der Waals surface area contributed by atoms with E-state index in [1.165, 1.54) is 32.1 Å². The molecule has 0 aromatic carbocycles. The van der Waals surface area contributed by atoms with E-state index in [1.54, 1.807) is 0 Å². The smallest absolute Gasteiger partial charge is 0.228 e. The minimum Gasteiger partial charge on any atom is -0.339 e. The fourth-order valence-electron chi connectivity index (χ4n) is 3.27. The zero-order valence-electron chi connectivity index (χ0n) is 12.1. The van der Waals surface area contributed by atoms with E-state index in [9.17, 15) is 0 Å². The van der Waals surface area contributed by atoms with Gasteiger partial charge in [0.15, 0.2) is 5.82 Å². The van der Waals surface area contributed by atoms with Crippen LogP contribution < -0.4 is 5.73 Å². The summed E-state index contributed by atoms with van der Waals surface area (Å²) in [5.41, 5.74) is 6.64. The lowest BCUT2D eigenvalue weighted by atomic mass is 9.73. The van der Waals surface area contributed by atoms with Crippen LogP contribution in [0.3, 0.4) is 0 Å². The Balaban J connectivity index is 1.62. The first-order chi connectivity index (χ1) is 8.96. The van der Waals surface area contributed by atoms with Gasteiger partial charge >= 0.3 is 0 Å². The van der Waals surface area contributed by atoms with Crippen molar-refractivity contribution in [2.45, 2.75) is 76.7 Å². The SMILES string of the molecule is CC1(C)CCC(c2noc(CC3(N)CCC3)n2)CC1. The van der Waals surface area contributed by atoms with Crippen LogP contribution in [0.2, 0.25) is 0 Å². The molecule has 0 atom stereocenters. The molecule has 1 aromatic heterocycles. The van der Waals surface area contributed by atoms with Crippen molar-refractivity contribution in [3.05, 3.63) is 11.7 Å². The zero-order chi connectivity index (χ0) is 13.5. The molecule has 0 unspecified atom stereocenters. The van der Waals surface area contributed by atoms with Crippen LogP contribution in [0.1, 0.15) is 76.4 Å². The molecule has 2 N–H and O–H groups in total. The molecule has 3 rings (SSSR count). The molecular formula is C15H25N3O. The quantitative estimate of drug-likeness (QED) is 0.909. The van der Waals surface area contributed by atoms with Gasteiger partial charge in [-0.25, -0.2) is 0 Å². The van der Waals surface area contributed by atoms with Crippen molar-refractivity contribution in [3.63, 3.8) is 0 Å². The summed E-state index contributed by atoms with van der Waals surface area (Å²) in [5, 5.41) is 4.19. The lowest BCUT2D eigenvalue weighted by Gasteiger charge is -2.36. The molecule has 2 aliphatic rings. The van der Waals surface area contributed by atoms with Gasteiger partial charge in [-0.3, -0.25) is 0 Å². The number of hydrogen-bond acceptors (Lipinski definition) is 4. The highest BCUT2D eigenvalue weighted by Crippen LogP contribution is 2.41. The third-order valence-corrected chi connectivity index (χ3v) is 5.04.